The minimum atomic E-state index is -3.62. The maximum atomic E-state index is 13.3. The smallest absolute Gasteiger partial charge is 0.305 e. The number of nitro groups is 1. The highest BCUT2D eigenvalue weighted by Crippen LogP contribution is 2.55. The fourth-order valence-electron chi connectivity index (χ4n) is 3.03. The van der Waals surface area contributed by atoms with E-state index in [-0.39, 0.29) is 23.1 Å². The van der Waals surface area contributed by atoms with Crippen LogP contribution in [0.3, 0.4) is 0 Å². The van der Waals surface area contributed by atoms with Gasteiger partial charge in [0.15, 0.2) is 0 Å². The van der Waals surface area contributed by atoms with Crippen LogP contribution in [-0.4, -0.2) is 16.5 Å². The van der Waals surface area contributed by atoms with Crippen molar-refractivity contribution in [2.75, 3.05) is 6.61 Å². The summed E-state index contributed by atoms with van der Waals surface area (Å²) in [6.07, 6.45) is 1.43. The zero-order valence-electron chi connectivity index (χ0n) is 13.9. The van der Waals surface area contributed by atoms with Crippen LogP contribution in [0.1, 0.15) is 18.1 Å². The summed E-state index contributed by atoms with van der Waals surface area (Å²) >= 11 is 6.04. The number of hydrogen-bond donors (Lipinski definition) is 0. The normalized spacial score (nSPS) is 22.6. The number of nitro benzene ring substituents is 1. The first kappa shape index (κ1) is 18.1. The molecule has 0 radical (unpaired) electrons. The molecule has 0 aliphatic carbocycles. The van der Waals surface area contributed by atoms with Crippen LogP contribution in [0.15, 0.2) is 54.7 Å². The second-order valence-electron chi connectivity index (χ2n) is 6.07. The highest BCUT2D eigenvalue weighted by molar-refractivity contribution is 7.62. The molecule has 0 spiro atoms. The van der Waals surface area contributed by atoms with Crippen LogP contribution in [0, 0.1) is 10.1 Å². The summed E-state index contributed by atoms with van der Waals surface area (Å²) in [6, 6.07) is 13.3. The molecule has 1 saturated heterocycles. The molecule has 27 heavy (non-hydrogen) atoms. The van der Waals surface area contributed by atoms with Crippen LogP contribution in [0.2, 0.25) is 5.02 Å². The van der Waals surface area contributed by atoms with Crippen molar-refractivity contribution >= 4 is 41.1 Å². The number of non-ortho nitro benzene ring substituents is 1. The van der Waals surface area contributed by atoms with E-state index in [9.17, 15) is 14.7 Å². The number of pyridine rings is 1. The third-order valence-corrected chi connectivity index (χ3v) is 6.48. The fourth-order valence-corrected chi connectivity index (χ4v) is 4.97. The molecule has 2 aromatic carbocycles. The second-order valence-corrected chi connectivity index (χ2v) is 8.48. The summed E-state index contributed by atoms with van der Waals surface area (Å²) in [4.78, 5) is 14.8. The zero-order valence-corrected chi connectivity index (χ0v) is 15.6. The fraction of sp³-hybridized carbons (Fsp3) is 0.167. The summed E-state index contributed by atoms with van der Waals surface area (Å²) in [7, 11) is -3.62. The Hall–Kier alpha value is -2.31. The van der Waals surface area contributed by atoms with Gasteiger partial charge in [-0.25, -0.2) is 4.98 Å². The maximum absolute atomic E-state index is 13.3. The maximum Gasteiger partial charge on any atom is 0.363 e. The number of rotatable bonds is 3. The summed E-state index contributed by atoms with van der Waals surface area (Å²) in [6.45, 7) is 0.251. The SMILES string of the molecule is O=[N+]([O-])c1cccc2cc(P3(=O)OCC[13C@@H](c4cccc(Cl)c4)O3)cnc12. The van der Waals surface area contributed by atoms with Gasteiger partial charge in [-0.1, -0.05) is 35.9 Å². The van der Waals surface area contributed by atoms with Gasteiger partial charge >= 0.3 is 7.60 Å². The highest BCUT2D eigenvalue weighted by atomic mass is 35.5. The van der Waals surface area contributed by atoms with Crippen LogP contribution in [-0.2, 0) is 13.6 Å². The van der Waals surface area contributed by atoms with Crippen LogP contribution in [0.25, 0.3) is 10.9 Å². The second kappa shape index (κ2) is 7.02. The van der Waals surface area contributed by atoms with E-state index in [0.29, 0.717) is 16.8 Å². The van der Waals surface area contributed by atoms with Crippen molar-refractivity contribution < 1.29 is 18.5 Å². The van der Waals surface area contributed by atoms with Crippen LogP contribution >= 0.6 is 19.2 Å². The number of benzene rings is 2. The number of nitrogens with zero attached hydrogens (tertiary/aromatic N) is 2. The van der Waals surface area contributed by atoms with Crippen molar-refractivity contribution in [3.05, 3.63) is 75.4 Å². The van der Waals surface area contributed by atoms with Gasteiger partial charge in [0.1, 0.15) is 5.52 Å². The third-order valence-electron chi connectivity index (χ3n) is 4.32. The monoisotopic (exact) mass is 405 g/mol. The summed E-state index contributed by atoms with van der Waals surface area (Å²) < 4.78 is 24.6. The van der Waals surface area contributed by atoms with Gasteiger partial charge in [0.25, 0.3) is 5.69 Å². The van der Waals surface area contributed by atoms with Gasteiger partial charge in [-0.2, -0.15) is 0 Å². The molecule has 1 unspecified atom stereocenters. The van der Waals surface area contributed by atoms with E-state index < -0.39 is 18.6 Å². The molecule has 7 nitrogen and oxygen atoms in total. The van der Waals surface area contributed by atoms with Crippen molar-refractivity contribution in [3.8, 4) is 0 Å². The molecule has 1 aromatic heterocycles. The number of aromatic nitrogens is 1. The molecule has 0 saturated carbocycles. The summed E-state index contributed by atoms with van der Waals surface area (Å²) in [5.74, 6) is 0. The van der Waals surface area contributed by atoms with Crippen molar-refractivity contribution in [1.29, 1.82) is 0 Å². The molecule has 2 atom stereocenters. The summed E-state index contributed by atoms with van der Waals surface area (Å²) in [5, 5.41) is 12.5. The Balaban J connectivity index is 1.71. The average molecular weight is 406 g/mol. The number of fused-ring (bicyclic) bond motifs is 1. The molecule has 0 N–H and O–H groups in total. The molecule has 138 valence electrons. The Bertz CT molecular complexity index is 1090. The zero-order chi connectivity index (χ0) is 19.0. The number of halogens is 1. The van der Waals surface area contributed by atoms with Gasteiger partial charge in [0.05, 0.1) is 22.9 Å². The molecule has 2 heterocycles. The lowest BCUT2D eigenvalue weighted by Gasteiger charge is -2.30. The first-order chi connectivity index (χ1) is 13.0. The van der Waals surface area contributed by atoms with Crippen molar-refractivity contribution in [2.24, 2.45) is 0 Å². The Labute approximate surface area is 159 Å². The average Bonchev–Trinajstić information content (AvgIpc) is 2.67. The van der Waals surface area contributed by atoms with Crippen LogP contribution in [0.4, 0.5) is 5.69 Å². The molecule has 3 aromatic rings. The minimum absolute atomic E-state index is 0.111. The van der Waals surface area contributed by atoms with E-state index in [1.807, 2.05) is 6.07 Å². The van der Waals surface area contributed by atoms with E-state index >= 15 is 0 Å². The van der Waals surface area contributed by atoms with Crippen LogP contribution < -0.4 is 5.30 Å². The molecule has 9 heteroatoms. The molecule has 1 aliphatic heterocycles. The molecule has 0 amide bonds. The quantitative estimate of drug-likeness (QED) is 0.269. The van der Waals surface area contributed by atoms with Gasteiger partial charge in [-0.15, -0.1) is 0 Å². The predicted molar refractivity (Wildman–Crippen MR) is 101 cm³/mol. The lowest BCUT2D eigenvalue weighted by Crippen LogP contribution is -2.20. The number of para-hydroxylation sites is 1. The van der Waals surface area contributed by atoms with Crippen molar-refractivity contribution in [3.63, 3.8) is 0 Å². The molecule has 0 bridgehead atoms. The van der Waals surface area contributed by atoms with Gasteiger partial charge in [0.2, 0.25) is 0 Å². The Morgan fingerprint density at radius 2 is 2.04 bits per heavy atom. The van der Waals surface area contributed by atoms with Crippen LogP contribution in [0.5, 0.6) is 0 Å². The molecule has 1 fully saturated rings. The predicted octanol–water partition coefficient (Wildman–Crippen LogP) is 4.79. The largest absolute Gasteiger partial charge is 0.363 e. The standard InChI is InChI=1S/C18H14ClN2O5P/c19-14-5-1-3-12(9-14)17-7-8-25-27(24,26-17)15-10-13-4-2-6-16(21(22)23)18(13)20-11-15/h1-6,9-11,17H,7-8H2/t17-,27?/m0/s1/i17+1. The Morgan fingerprint density at radius 3 is 2.81 bits per heavy atom. The number of hydrogen-bond acceptors (Lipinski definition) is 6. The first-order valence-corrected chi connectivity index (χ1v) is 10.1. The van der Waals surface area contributed by atoms with E-state index in [2.05, 4.69) is 4.98 Å². The Kier molecular flexibility index (Phi) is 4.70. The molecular weight excluding hydrogens is 392 g/mol. The Morgan fingerprint density at radius 1 is 1.22 bits per heavy atom. The van der Waals surface area contributed by atoms with E-state index in [1.165, 1.54) is 12.3 Å². The van der Waals surface area contributed by atoms with E-state index in [4.69, 9.17) is 20.6 Å². The van der Waals surface area contributed by atoms with Gasteiger partial charge < -0.3 is 4.52 Å². The summed E-state index contributed by atoms with van der Waals surface area (Å²) in [5.41, 5.74) is 0.927. The lowest BCUT2D eigenvalue weighted by molar-refractivity contribution is -0.383. The van der Waals surface area contributed by atoms with E-state index in [1.54, 1.807) is 36.4 Å². The molecule has 1 aliphatic rings. The third kappa shape index (κ3) is 3.47. The van der Waals surface area contributed by atoms with E-state index in [0.717, 1.165) is 5.56 Å². The van der Waals surface area contributed by atoms with Crippen molar-refractivity contribution in [1.82, 2.24) is 4.98 Å². The van der Waals surface area contributed by atoms with Crippen molar-refractivity contribution in [2.45, 2.75) is 12.5 Å². The van der Waals surface area contributed by atoms with Gasteiger partial charge in [-0.05, 0) is 23.8 Å². The first-order valence-electron chi connectivity index (χ1n) is 8.18. The topological polar surface area (TPSA) is 91.6 Å². The van der Waals surface area contributed by atoms with Gasteiger partial charge in [-0.3, -0.25) is 19.2 Å². The molecule has 4 rings (SSSR count). The molecular formula is C18H14ClN2O5P. The van der Waals surface area contributed by atoms with Gasteiger partial charge in [0, 0.05) is 29.1 Å². The lowest BCUT2D eigenvalue weighted by atomic mass is 10.2. The highest BCUT2D eigenvalue weighted by Gasteiger charge is 2.37. The minimum Gasteiger partial charge on any atom is -0.305 e.